The maximum Gasteiger partial charge on any atom is 0.264 e. The molecule has 0 bridgehead atoms. The Labute approximate surface area is 109 Å². The molecular formula is C12H17IN2O. The highest BCUT2D eigenvalue weighted by Gasteiger charge is 2.42. The van der Waals surface area contributed by atoms with Crippen molar-refractivity contribution in [2.75, 3.05) is 0 Å². The van der Waals surface area contributed by atoms with E-state index in [-0.39, 0.29) is 16.4 Å². The molecule has 4 heteroatoms. The molecule has 0 aromatic carbocycles. The van der Waals surface area contributed by atoms with E-state index in [0.29, 0.717) is 0 Å². The molecule has 1 aliphatic carbocycles. The number of hydrogen-bond acceptors (Lipinski definition) is 2. The molecule has 0 aliphatic heterocycles. The zero-order valence-electron chi connectivity index (χ0n) is 10.1. The largest absolute Gasteiger partial charge is 0.309 e. The fraction of sp³-hybridized carbons (Fsp3) is 0.667. The molecule has 1 fully saturated rings. The van der Waals surface area contributed by atoms with Crippen LogP contribution in [-0.2, 0) is 10.8 Å². The van der Waals surface area contributed by atoms with Crippen molar-refractivity contribution in [2.24, 2.45) is 0 Å². The van der Waals surface area contributed by atoms with Crippen molar-refractivity contribution in [1.29, 1.82) is 0 Å². The molecule has 0 unspecified atom stereocenters. The quantitative estimate of drug-likeness (QED) is 0.804. The maximum absolute atomic E-state index is 11.9. The van der Waals surface area contributed by atoms with Crippen molar-refractivity contribution in [3.05, 3.63) is 25.4 Å². The van der Waals surface area contributed by atoms with E-state index in [0.717, 1.165) is 27.9 Å². The molecule has 0 amide bonds. The van der Waals surface area contributed by atoms with Gasteiger partial charge in [0.05, 0.1) is 5.69 Å². The van der Waals surface area contributed by atoms with Crippen LogP contribution in [0.5, 0.6) is 0 Å². The third-order valence-corrected chi connectivity index (χ3v) is 4.15. The van der Waals surface area contributed by atoms with Gasteiger partial charge in [0, 0.05) is 10.8 Å². The lowest BCUT2D eigenvalue weighted by Gasteiger charge is -2.21. The third kappa shape index (κ3) is 2.04. The summed E-state index contributed by atoms with van der Waals surface area (Å²) in [5.41, 5.74) is 0.956. The molecule has 1 saturated carbocycles. The number of rotatable bonds is 1. The van der Waals surface area contributed by atoms with Gasteiger partial charge in [-0.2, -0.15) is 0 Å². The second-order valence-electron chi connectivity index (χ2n) is 5.89. The highest BCUT2D eigenvalue weighted by atomic mass is 127. The predicted molar refractivity (Wildman–Crippen MR) is 72.9 cm³/mol. The summed E-state index contributed by atoms with van der Waals surface area (Å²) in [7, 11) is 0. The Kier molecular flexibility index (Phi) is 2.68. The normalized spacial score (nSPS) is 18.6. The highest BCUT2D eigenvalue weighted by Crippen LogP contribution is 2.45. The van der Waals surface area contributed by atoms with Gasteiger partial charge in [0.25, 0.3) is 5.56 Å². The standard InChI is InChI=1S/C12H17IN2O/c1-11(2,3)8-7(13)9(16)15-10(14-8)12(4)5-6-12/h5-6H2,1-4H3,(H,14,15,16). The Bertz CT molecular complexity index is 481. The van der Waals surface area contributed by atoms with Crippen LogP contribution in [0.3, 0.4) is 0 Å². The maximum atomic E-state index is 11.9. The minimum atomic E-state index is -0.0786. The molecule has 3 nitrogen and oxygen atoms in total. The van der Waals surface area contributed by atoms with Gasteiger partial charge in [-0.1, -0.05) is 27.7 Å². The number of aromatic amines is 1. The number of hydrogen-bond donors (Lipinski definition) is 1. The van der Waals surface area contributed by atoms with Crippen LogP contribution in [0.2, 0.25) is 0 Å². The Hall–Kier alpha value is -0.390. The molecular weight excluding hydrogens is 315 g/mol. The van der Waals surface area contributed by atoms with Crippen LogP contribution in [0.1, 0.15) is 52.1 Å². The predicted octanol–water partition coefficient (Wildman–Crippen LogP) is 2.72. The molecule has 0 atom stereocenters. The lowest BCUT2D eigenvalue weighted by molar-refractivity contribution is 0.547. The van der Waals surface area contributed by atoms with Gasteiger partial charge in [-0.25, -0.2) is 4.98 Å². The number of halogens is 1. The van der Waals surface area contributed by atoms with Gasteiger partial charge in [0.1, 0.15) is 9.39 Å². The molecule has 0 saturated heterocycles. The molecule has 1 aromatic heterocycles. The Morgan fingerprint density at radius 1 is 1.38 bits per heavy atom. The van der Waals surface area contributed by atoms with Gasteiger partial charge >= 0.3 is 0 Å². The van der Waals surface area contributed by atoms with Gasteiger partial charge in [-0.15, -0.1) is 0 Å². The number of nitrogens with one attached hydrogen (secondary N) is 1. The Morgan fingerprint density at radius 2 is 1.94 bits per heavy atom. The molecule has 1 heterocycles. The van der Waals surface area contributed by atoms with E-state index in [2.05, 4.69) is 60.3 Å². The Morgan fingerprint density at radius 3 is 2.38 bits per heavy atom. The van der Waals surface area contributed by atoms with Gasteiger partial charge in [0.2, 0.25) is 0 Å². The second-order valence-corrected chi connectivity index (χ2v) is 6.97. The van der Waals surface area contributed by atoms with Gasteiger partial charge in [-0.05, 0) is 35.4 Å². The van der Waals surface area contributed by atoms with Crippen molar-refractivity contribution in [3.8, 4) is 0 Å². The van der Waals surface area contributed by atoms with Crippen LogP contribution in [0.25, 0.3) is 0 Å². The second kappa shape index (κ2) is 3.55. The first-order chi connectivity index (χ1) is 7.24. The molecule has 1 aliphatic rings. The molecule has 88 valence electrons. The number of nitrogens with zero attached hydrogens (tertiary/aromatic N) is 1. The first-order valence-corrected chi connectivity index (χ1v) is 6.63. The van der Waals surface area contributed by atoms with E-state index < -0.39 is 0 Å². The SMILES string of the molecule is CC(C)(C)c1nc(C2(C)CC2)[nH]c(=O)c1I. The molecule has 16 heavy (non-hydrogen) atoms. The van der Waals surface area contributed by atoms with Crippen molar-refractivity contribution < 1.29 is 0 Å². The van der Waals surface area contributed by atoms with Gasteiger partial charge in [-0.3, -0.25) is 4.79 Å². The molecule has 0 spiro atoms. The summed E-state index contributed by atoms with van der Waals surface area (Å²) in [5, 5.41) is 0. The summed E-state index contributed by atoms with van der Waals surface area (Å²) < 4.78 is 0.720. The van der Waals surface area contributed by atoms with Gasteiger partial charge < -0.3 is 4.98 Å². The van der Waals surface area contributed by atoms with Crippen LogP contribution < -0.4 is 5.56 Å². The zero-order valence-corrected chi connectivity index (χ0v) is 12.3. The van der Waals surface area contributed by atoms with Crippen LogP contribution in [0, 0.1) is 3.57 Å². The lowest BCUT2D eigenvalue weighted by Crippen LogP contribution is -2.27. The molecule has 0 radical (unpaired) electrons. The van der Waals surface area contributed by atoms with Crippen molar-refractivity contribution in [1.82, 2.24) is 9.97 Å². The number of aromatic nitrogens is 2. The van der Waals surface area contributed by atoms with E-state index in [4.69, 9.17) is 0 Å². The molecule has 1 N–H and O–H groups in total. The number of H-pyrrole nitrogens is 1. The molecule has 2 rings (SSSR count). The van der Waals surface area contributed by atoms with Crippen LogP contribution >= 0.6 is 22.6 Å². The average Bonchev–Trinajstić information content (AvgIpc) is 2.87. The van der Waals surface area contributed by atoms with E-state index in [1.54, 1.807) is 0 Å². The average molecular weight is 332 g/mol. The smallest absolute Gasteiger partial charge is 0.264 e. The topological polar surface area (TPSA) is 45.8 Å². The Balaban J connectivity index is 2.61. The van der Waals surface area contributed by atoms with Crippen molar-refractivity contribution in [2.45, 2.75) is 51.4 Å². The third-order valence-electron chi connectivity index (χ3n) is 3.14. The summed E-state index contributed by atoms with van der Waals surface area (Å²) in [6.07, 6.45) is 2.25. The minimum Gasteiger partial charge on any atom is -0.309 e. The summed E-state index contributed by atoms with van der Waals surface area (Å²) in [6, 6.07) is 0. The van der Waals surface area contributed by atoms with Gasteiger partial charge in [0.15, 0.2) is 0 Å². The fourth-order valence-electron chi connectivity index (χ4n) is 1.67. The highest BCUT2D eigenvalue weighted by molar-refractivity contribution is 14.1. The van der Waals surface area contributed by atoms with Crippen LogP contribution in [-0.4, -0.2) is 9.97 Å². The summed E-state index contributed by atoms with van der Waals surface area (Å²) in [4.78, 5) is 19.5. The van der Waals surface area contributed by atoms with E-state index in [9.17, 15) is 4.79 Å². The van der Waals surface area contributed by atoms with Crippen LogP contribution in [0.4, 0.5) is 0 Å². The fourth-order valence-corrected chi connectivity index (χ4v) is 2.73. The first-order valence-electron chi connectivity index (χ1n) is 5.55. The minimum absolute atomic E-state index is 0.00338. The first kappa shape index (κ1) is 12.1. The zero-order chi connectivity index (χ0) is 12.1. The monoisotopic (exact) mass is 332 g/mol. The summed E-state index contributed by atoms with van der Waals surface area (Å²) in [6.45, 7) is 8.44. The van der Waals surface area contributed by atoms with E-state index in [1.165, 1.54) is 0 Å². The summed E-state index contributed by atoms with van der Waals surface area (Å²) in [5.74, 6) is 0.864. The molecule has 1 aromatic rings. The van der Waals surface area contributed by atoms with Crippen LogP contribution in [0.15, 0.2) is 4.79 Å². The van der Waals surface area contributed by atoms with E-state index in [1.807, 2.05) is 0 Å². The summed E-state index contributed by atoms with van der Waals surface area (Å²) >= 11 is 2.09. The van der Waals surface area contributed by atoms with E-state index >= 15 is 0 Å². The van der Waals surface area contributed by atoms with Crippen molar-refractivity contribution >= 4 is 22.6 Å². The lowest BCUT2D eigenvalue weighted by atomic mass is 9.91. The van der Waals surface area contributed by atoms with Crippen molar-refractivity contribution in [3.63, 3.8) is 0 Å².